The summed E-state index contributed by atoms with van der Waals surface area (Å²) >= 11 is 0. The predicted octanol–water partition coefficient (Wildman–Crippen LogP) is 10.2. The van der Waals surface area contributed by atoms with E-state index in [4.69, 9.17) is 0 Å². The molecule has 3 fully saturated rings. The van der Waals surface area contributed by atoms with E-state index in [1.165, 1.54) is 89.5 Å². The second kappa shape index (κ2) is 12.3. The molecule has 3 saturated carbocycles. The molecule has 4 atom stereocenters. The molecule has 0 amide bonds. The molecule has 0 saturated heterocycles. The van der Waals surface area contributed by atoms with Crippen LogP contribution in [0.5, 0.6) is 5.75 Å². The molecule has 0 bridgehead atoms. The summed E-state index contributed by atoms with van der Waals surface area (Å²) in [5.41, 5.74) is 0.822. The van der Waals surface area contributed by atoms with E-state index < -0.39 is 17.9 Å². The molecule has 1 aromatic rings. The monoisotopic (exact) mass is 496 g/mol. The van der Waals surface area contributed by atoms with Gasteiger partial charge in [-0.05, 0) is 85.3 Å². The predicted molar refractivity (Wildman–Crippen MR) is 133 cm³/mol. The second-order valence-corrected chi connectivity index (χ2v) is 11.9. The van der Waals surface area contributed by atoms with E-state index in [1.54, 1.807) is 6.07 Å². The van der Waals surface area contributed by atoms with E-state index in [2.05, 4.69) is 11.7 Å². The van der Waals surface area contributed by atoms with Gasteiger partial charge in [0.15, 0.2) is 11.6 Å². The van der Waals surface area contributed by atoms with Gasteiger partial charge in [-0.25, -0.2) is 4.39 Å². The van der Waals surface area contributed by atoms with Crippen molar-refractivity contribution in [3.63, 3.8) is 0 Å². The van der Waals surface area contributed by atoms with Crippen LogP contribution in [0.1, 0.15) is 121 Å². The van der Waals surface area contributed by atoms with Gasteiger partial charge < -0.3 is 4.74 Å². The van der Waals surface area contributed by atoms with Crippen LogP contribution in [0.2, 0.25) is 0 Å². The Hall–Kier alpha value is -1.26. The van der Waals surface area contributed by atoms with Gasteiger partial charge in [-0.3, -0.25) is 0 Å². The number of rotatable bonds is 9. The summed E-state index contributed by atoms with van der Waals surface area (Å²) in [6.07, 6.45) is 16.5. The van der Waals surface area contributed by atoms with Gasteiger partial charge in [0.2, 0.25) is 0 Å². The highest BCUT2D eigenvalue weighted by atomic mass is 19.4. The van der Waals surface area contributed by atoms with Gasteiger partial charge in [-0.1, -0.05) is 83.6 Å². The largest absolute Gasteiger partial charge is 0.573 e. The van der Waals surface area contributed by atoms with Crippen molar-refractivity contribution < 1.29 is 22.3 Å². The van der Waals surface area contributed by atoms with Crippen LogP contribution in [0.25, 0.3) is 0 Å². The van der Waals surface area contributed by atoms with Gasteiger partial charge in [-0.2, -0.15) is 0 Å². The topological polar surface area (TPSA) is 9.23 Å². The van der Waals surface area contributed by atoms with Crippen molar-refractivity contribution in [2.24, 2.45) is 29.6 Å². The third-order valence-corrected chi connectivity index (χ3v) is 9.54. The Bertz CT molecular complexity index is 783. The highest BCUT2D eigenvalue weighted by Gasteiger charge is 2.37. The van der Waals surface area contributed by atoms with Crippen LogP contribution in [0.3, 0.4) is 0 Å². The first-order chi connectivity index (χ1) is 16.8. The van der Waals surface area contributed by atoms with Crippen molar-refractivity contribution in [1.29, 1.82) is 0 Å². The maximum Gasteiger partial charge on any atom is 0.573 e. The summed E-state index contributed by atoms with van der Waals surface area (Å²) in [4.78, 5) is 0. The molecule has 1 nitrogen and oxygen atoms in total. The van der Waals surface area contributed by atoms with Crippen molar-refractivity contribution in [3.8, 4) is 5.75 Å². The lowest BCUT2D eigenvalue weighted by molar-refractivity contribution is -0.275. The van der Waals surface area contributed by atoms with E-state index >= 15 is 0 Å². The molecule has 0 N–H and O–H groups in total. The van der Waals surface area contributed by atoms with Crippen molar-refractivity contribution in [2.45, 2.75) is 122 Å². The van der Waals surface area contributed by atoms with Crippen LogP contribution in [-0.4, -0.2) is 6.36 Å². The van der Waals surface area contributed by atoms with Crippen molar-refractivity contribution in [3.05, 3.63) is 29.6 Å². The number of hydrogen-bond acceptors (Lipinski definition) is 1. The summed E-state index contributed by atoms with van der Waals surface area (Å²) in [7, 11) is 0. The van der Waals surface area contributed by atoms with Gasteiger partial charge >= 0.3 is 6.36 Å². The third-order valence-electron chi connectivity index (χ3n) is 9.54. The molecule has 0 spiro atoms. The van der Waals surface area contributed by atoms with Gasteiger partial charge in [0.05, 0.1) is 0 Å². The Kier molecular flexibility index (Phi) is 9.43. The number of halogens is 4. The van der Waals surface area contributed by atoms with E-state index in [-0.39, 0.29) is 5.92 Å². The molecule has 0 radical (unpaired) electrons. The molecule has 0 aliphatic heterocycles. The average Bonchev–Trinajstić information content (AvgIpc) is 2.84. The van der Waals surface area contributed by atoms with Gasteiger partial charge in [0.25, 0.3) is 0 Å². The van der Waals surface area contributed by atoms with Crippen LogP contribution in [0.4, 0.5) is 17.6 Å². The maximum atomic E-state index is 14.2. The first kappa shape index (κ1) is 26.8. The lowest BCUT2D eigenvalue weighted by Crippen LogP contribution is -2.30. The number of ether oxygens (including phenoxy) is 1. The Morgan fingerprint density at radius 1 is 0.771 bits per heavy atom. The molecular formula is C30H44F4O. The number of fused-ring (bicyclic) bond motifs is 1. The molecule has 3 aliphatic carbocycles. The van der Waals surface area contributed by atoms with Crippen LogP contribution >= 0.6 is 0 Å². The van der Waals surface area contributed by atoms with Crippen LogP contribution in [0, 0.1) is 35.4 Å². The number of hydrogen-bond donors (Lipinski definition) is 0. The van der Waals surface area contributed by atoms with Crippen molar-refractivity contribution >= 4 is 0 Å². The second-order valence-electron chi connectivity index (χ2n) is 11.9. The number of benzene rings is 1. The minimum atomic E-state index is -4.87. The van der Waals surface area contributed by atoms with Crippen LogP contribution < -0.4 is 4.74 Å². The third kappa shape index (κ3) is 7.86. The highest BCUT2D eigenvalue weighted by molar-refractivity contribution is 5.32. The normalized spacial score (nSPS) is 31.7. The lowest BCUT2D eigenvalue weighted by Gasteiger charge is -2.43. The Morgan fingerprint density at radius 3 is 2.09 bits per heavy atom. The first-order valence-electron chi connectivity index (χ1n) is 14.4. The summed E-state index contributed by atoms with van der Waals surface area (Å²) in [5.74, 6) is 2.85. The average molecular weight is 497 g/mol. The molecule has 3 aliphatic rings. The Morgan fingerprint density at radius 2 is 1.40 bits per heavy atom. The van der Waals surface area contributed by atoms with Crippen LogP contribution in [0.15, 0.2) is 18.2 Å². The first-order valence-corrected chi connectivity index (χ1v) is 14.4. The SMILES string of the molecule is CCCCCC1CCC(CCC2CCC3CC(c4ccc(OC(F)(F)F)c(F)c4)CCC3C2)CC1. The summed E-state index contributed by atoms with van der Waals surface area (Å²) in [6.45, 7) is 2.29. The summed E-state index contributed by atoms with van der Waals surface area (Å²) in [5, 5.41) is 0. The summed E-state index contributed by atoms with van der Waals surface area (Å²) in [6, 6.07) is 4.02. The smallest absolute Gasteiger partial charge is 0.403 e. The highest BCUT2D eigenvalue weighted by Crippen LogP contribution is 2.49. The fourth-order valence-corrected chi connectivity index (χ4v) is 7.49. The standard InChI is InChI=1S/C30H44F4O/c1-2-3-4-5-21-6-8-22(9-7-21)10-11-23-12-13-25-19-26(15-14-24(25)18-23)27-16-17-29(28(31)20-27)35-30(32,33)34/h16-17,20-26H,2-15,18-19H2,1H3. The fourth-order valence-electron chi connectivity index (χ4n) is 7.49. The van der Waals surface area contributed by atoms with Crippen molar-refractivity contribution in [2.75, 3.05) is 0 Å². The maximum absolute atomic E-state index is 14.2. The molecule has 198 valence electrons. The Labute approximate surface area is 209 Å². The number of alkyl halides is 3. The Balaban J connectivity index is 1.19. The molecule has 4 unspecified atom stereocenters. The lowest BCUT2D eigenvalue weighted by atomic mass is 9.63. The minimum Gasteiger partial charge on any atom is -0.403 e. The van der Waals surface area contributed by atoms with E-state index in [0.29, 0.717) is 5.92 Å². The molecule has 5 heteroatoms. The molecule has 4 rings (SSSR count). The van der Waals surface area contributed by atoms with E-state index in [0.717, 1.165) is 54.6 Å². The molecular weight excluding hydrogens is 452 g/mol. The quantitative estimate of drug-likeness (QED) is 0.244. The van der Waals surface area contributed by atoms with Crippen molar-refractivity contribution in [1.82, 2.24) is 0 Å². The zero-order valence-electron chi connectivity index (χ0n) is 21.4. The molecule has 0 aromatic heterocycles. The van der Waals surface area contributed by atoms with E-state index in [9.17, 15) is 17.6 Å². The van der Waals surface area contributed by atoms with Gasteiger partial charge in [-0.15, -0.1) is 13.2 Å². The van der Waals surface area contributed by atoms with E-state index in [1.807, 2.05) is 0 Å². The zero-order valence-corrected chi connectivity index (χ0v) is 21.4. The van der Waals surface area contributed by atoms with Gasteiger partial charge in [0, 0.05) is 0 Å². The zero-order chi connectivity index (χ0) is 24.8. The molecule has 1 aromatic carbocycles. The minimum absolute atomic E-state index is 0.245. The molecule has 35 heavy (non-hydrogen) atoms. The fraction of sp³-hybridized carbons (Fsp3) is 0.800. The van der Waals surface area contributed by atoms with Crippen LogP contribution in [-0.2, 0) is 0 Å². The number of unbranched alkanes of at least 4 members (excludes halogenated alkanes) is 2. The molecule has 0 heterocycles. The summed E-state index contributed by atoms with van der Waals surface area (Å²) < 4.78 is 55.3. The van der Waals surface area contributed by atoms with Gasteiger partial charge in [0.1, 0.15) is 0 Å².